The van der Waals surface area contributed by atoms with Crippen LogP contribution in [0.4, 0.5) is 0 Å². The number of nitrogens with one attached hydrogen (secondary N) is 12. The molecule has 5 saturated heterocycles. The van der Waals surface area contributed by atoms with E-state index in [4.69, 9.17) is 0 Å². The summed E-state index contributed by atoms with van der Waals surface area (Å²) >= 11 is 0. The molecule has 346 valence electrons. The summed E-state index contributed by atoms with van der Waals surface area (Å²) in [4.78, 5) is 0. The molecule has 9 rings (SSSR count). The summed E-state index contributed by atoms with van der Waals surface area (Å²) in [7, 11) is 7.34. The second-order valence-corrected chi connectivity index (χ2v) is 18.2. The van der Waals surface area contributed by atoms with Gasteiger partial charge >= 0.3 is 0 Å². The van der Waals surface area contributed by atoms with Crippen molar-refractivity contribution < 1.29 is 19.5 Å². The number of rotatable bonds is 8. The van der Waals surface area contributed by atoms with E-state index in [2.05, 4.69) is 96.5 Å². The Hall–Kier alpha value is -1.42. The third-order valence-electron chi connectivity index (χ3n) is 14.7. The van der Waals surface area contributed by atoms with Gasteiger partial charge in [-0.3, -0.25) is 42.5 Å². The summed E-state index contributed by atoms with van der Waals surface area (Å²) in [5.74, 6) is 5.74. The maximum atomic E-state index is 4.25. The van der Waals surface area contributed by atoms with Crippen LogP contribution in [0.2, 0.25) is 0 Å². The van der Waals surface area contributed by atoms with Gasteiger partial charge in [-0.1, -0.05) is 51.4 Å². The number of likely N-dealkylation sites (N-methyl/N-ethyl adjacent to an activating group) is 4. The summed E-state index contributed by atoms with van der Waals surface area (Å²) in [6.45, 7) is 20.8. The zero-order valence-electron chi connectivity index (χ0n) is 38.6. The molecule has 13 heteroatoms. The minimum absolute atomic E-state index is 0. The third-order valence-corrected chi connectivity index (χ3v) is 14.7. The zero-order chi connectivity index (χ0) is 42.7. The smallest absolute Gasteiger partial charge is 0.0628 e. The Labute approximate surface area is 386 Å². The SMILES string of the molecule is C=C[CH-]NC.C=C[CH-]NC.C=C[CH-]NC.C=C[CH-]NC.[CH-]1CCCC2C3NC(NC4NC(NC5NC(NC6NC(N3)C3CCCCC63)C3CCCCC53)C3CCCCC43)C12.[Zn]. The molecular weight excluding hydrogens is 810 g/mol. The molecule has 8 bridgehead atoms. The molecule has 0 aromatic carbocycles. The van der Waals surface area contributed by atoms with E-state index < -0.39 is 0 Å². The summed E-state index contributed by atoms with van der Waals surface area (Å²) in [6, 6.07) is 0. The summed E-state index contributed by atoms with van der Waals surface area (Å²) in [5.41, 5.74) is 0. The van der Waals surface area contributed by atoms with Crippen LogP contribution in [0.3, 0.4) is 0 Å². The molecule has 0 aromatic rings. The number of hydrogen-bond acceptors (Lipinski definition) is 12. The van der Waals surface area contributed by atoms with Crippen molar-refractivity contribution in [1.82, 2.24) is 63.8 Å². The van der Waals surface area contributed by atoms with Crippen molar-refractivity contribution in [2.75, 3.05) is 28.2 Å². The molecule has 5 aliphatic heterocycles. The molecule has 12 nitrogen and oxygen atoms in total. The molecule has 16 atom stereocenters. The van der Waals surface area contributed by atoms with Gasteiger partial charge in [0.25, 0.3) is 0 Å². The van der Waals surface area contributed by atoms with E-state index in [1.54, 1.807) is 50.5 Å². The molecule has 4 saturated carbocycles. The average molecular weight is 898 g/mol. The molecule has 0 amide bonds. The van der Waals surface area contributed by atoms with Crippen molar-refractivity contribution in [3.63, 3.8) is 0 Å². The van der Waals surface area contributed by atoms with Gasteiger partial charge in [-0.2, -0.15) is 32.6 Å². The number of hydrogen-bond donors (Lipinski definition) is 12. The Kier molecular flexibility index (Phi) is 24.4. The second-order valence-electron chi connectivity index (χ2n) is 18.2. The molecule has 5 heterocycles. The van der Waals surface area contributed by atoms with E-state index in [1.165, 1.54) is 96.3 Å². The molecule has 0 aromatic heterocycles. The Balaban J connectivity index is 0.000000329. The van der Waals surface area contributed by atoms with Crippen molar-refractivity contribution in [3.8, 4) is 0 Å². The van der Waals surface area contributed by atoms with Crippen LogP contribution in [-0.4, -0.2) is 77.5 Å². The fourth-order valence-electron chi connectivity index (χ4n) is 12.2. The first-order chi connectivity index (χ1) is 29.5. The normalized spacial score (nSPS) is 39.9. The Morgan fingerprint density at radius 1 is 0.377 bits per heavy atom. The molecule has 12 N–H and O–H groups in total. The van der Waals surface area contributed by atoms with Gasteiger partial charge in [0.15, 0.2) is 0 Å². The van der Waals surface area contributed by atoms with Gasteiger partial charge in [0.2, 0.25) is 0 Å². The first-order valence-electron chi connectivity index (χ1n) is 23.8. The second kappa shape index (κ2) is 28.5. The maximum Gasteiger partial charge on any atom is 0.0628 e. The quantitative estimate of drug-likeness (QED) is 0.122. The molecule has 0 spiro atoms. The van der Waals surface area contributed by atoms with E-state index in [0.29, 0.717) is 61.2 Å². The standard InChI is InChI=1S/C32H55N8.4C4H8N.Zn/c1-2-10-18-17(9-1)25-33-26(18)38-28-21-13-5-6-14-22(21)30(35-28)40-32-24-16-8-7-15-23(24)31(36-32)39-29-20-12-4-3-11-19(20)27(34-29)37-25;4*1-3-4-5-2;/h9,17-40H,1-8,10-16H2;4*3-5H,1H2,2H3;/q5*-1;. The average Bonchev–Trinajstić information content (AvgIpc) is 4.02. The van der Waals surface area contributed by atoms with Gasteiger partial charge in [-0.25, -0.2) is 50.6 Å². The predicted molar refractivity (Wildman–Crippen MR) is 251 cm³/mol. The first-order valence-corrected chi connectivity index (χ1v) is 23.8. The van der Waals surface area contributed by atoms with Crippen molar-refractivity contribution in [2.45, 2.75) is 146 Å². The maximum absolute atomic E-state index is 4.25. The first kappa shape index (κ1) is 52.2. The Morgan fingerprint density at radius 2 is 0.607 bits per heavy atom. The zero-order valence-corrected chi connectivity index (χ0v) is 41.5. The van der Waals surface area contributed by atoms with E-state index >= 15 is 0 Å². The number of fused-ring (bicyclic) bond motifs is 20. The van der Waals surface area contributed by atoms with E-state index in [9.17, 15) is 0 Å². The molecule has 16 unspecified atom stereocenters. The fraction of sp³-hybridized carbons (Fsp3) is 0.729. The topological polar surface area (TPSA) is 144 Å². The van der Waals surface area contributed by atoms with Crippen LogP contribution in [0, 0.1) is 79.9 Å². The van der Waals surface area contributed by atoms with E-state index in [0.717, 1.165) is 35.5 Å². The third kappa shape index (κ3) is 14.3. The summed E-state index contributed by atoms with van der Waals surface area (Å²) in [5, 5.41) is 44.8. The molecular formula is C48H87N12Zn-5. The van der Waals surface area contributed by atoms with Crippen LogP contribution in [0.1, 0.15) is 96.3 Å². The van der Waals surface area contributed by atoms with Crippen LogP contribution in [-0.2, 0) is 19.5 Å². The Morgan fingerprint density at radius 3 is 0.836 bits per heavy atom. The van der Waals surface area contributed by atoms with Gasteiger partial charge in [0.1, 0.15) is 0 Å². The van der Waals surface area contributed by atoms with Crippen molar-refractivity contribution in [3.05, 3.63) is 83.2 Å². The monoisotopic (exact) mass is 896 g/mol. The van der Waals surface area contributed by atoms with Crippen LogP contribution >= 0.6 is 0 Å². The molecule has 9 aliphatic rings. The van der Waals surface area contributed by atoms with Gasteiger partial charge < -0.3 is 27.7 Å². The van der Waals surface area contributed by atoms with Gasteiger partial charge in [-0.05, 0) is 108 Å². The summed E-state index contributed by atoms with van der Waals surface area (Å²) in [6.07, 6.45) is 33.2. The van der Waals surface area contributed by atoms with Crippen LogP contribution in [0.5, 0.6) is 0 Å². The fourth-order valence-corrected chi connectivity index (χ4v) is 12.2. The minimum Gasteiger partial charge on any atom is -0.376 e. The van der Waals surface area contributed by atoms with Crippen LogP contribution < -0.4 is 63.8 Å². The van der Waals surface area contributed by atoms with E-state index in [1.807, 2.05) is 28.2 Å². The van der Waals surface area contributed by atoms with Gasteiger partial charge in [0, 0.05) is 25.6 Å². The molecule has 61 heavy (non-hydrogen) atoms. The van der Waals surface area contributed by atoms with Crippen molar-refractivity contribution in [2.24, 2.45) is 47.3 Å². The Bertz CT molecular complexity index is 995. The summed E-state index contributed by atoms with van der Waals surface area (Å²) < 4.78 is 0. The van der Waals surface area contributed by atoms with Gasteiger partial charge in [0.05, 0.1) is 43.2 Å². The molecule has 0 radical (unpaired) electrons. The van der Waals surface area contributed by atoms with Crippen molar-refractivity contribution >= 4 is 0 Å². The molecule has 9 fully saturated rings. The van der Waals surface area contributed by atoms with Crippen LogP contribution in [0.15, 0.2) is 50.6 Å². The van der Waals surface area contributed by atoms with Crippen LogP contribution in [0.25, 0.3) is 0 Å². The molecule has 4 aliphatic carbocycles. The largest absolute Gasteiger partial charge is 0.376 e. The minimum atomic E-state index is 0. The van der Waals surface area contributed by atoms with Crippen molar-refractivity contribution in [1.29, 1.82) is 0 Å². The predicted octanol–water partition coefficient (Wildman–Crippen LogP) is 4.63. The van der Waals surface area contributed by atoms with Gasteiger partial charge in [-0.15, -0.1) is 5.92 Å². The van der Waals surface area contributed by atoms with E-state index in [-0.39, 0.29) is 19.5 Å².